The first kappa shape index (κ1) is 19.6. The van der Waals surface area contributed by atoms with Gasteiger partial charge in [0.2, 0.25) is 10.0 Å². The van der Waals surface area contributed by atoms with Crippen LogP contribution in [0, 0.1) is 0 Å². The van der Waals surface area contributed by atoms with Gasteiger partial charge in [-0.2, -0.15) is 4.31 Å². The minimum atomic E-state index is -3.73. The number of carbonyl (C=O) groups excluding carboxylic acids is 1. The standard InChI is InChI=1S/C18H24ClNO5S/c19-16-8-7-14(18(21)25-13-15-6-5-11-24-15)12-17(16)26(22,23)20-9-3-1-2-4-10-20/h7-8,12,15H,1-6,9-11,13H2/t15-/m0/s1. The number of carbonyl (C=O) groups is 1. The zero-order valence-corrected chi connectivity index (χ0v) is 16.2. The lowest BCUT2D eigenvalue weighted by Gasteiger charge is -2.21. The molecule has 2 heterocycles. The predicted octanol–water partition coefficient (Wildman–Crippen LogP) is 3.24. The highest BCUT2D eigenvalue weighted by molar-refractivity contribution is 7.89. The van der Waals surface area contributed by atoms with E-state index in [9.17, 15) is 13.2 Å². The van der Waals surface area contributed by atoms with Crippen LogP contribution in [0.25, 0.3) is 0 Å². The number of ether oxygens (including phenoxy) is 2. The molecule has 2 fully saturated rings. The van der Waals surface area contributed by atoms with Crippen molar-refractivity contribution < 1.29 is 22.7 Å². The minimum absolute atomic E-state index is 0.0346. The Morgan fingerprint density at radius 2 is 1.92 bits per heavy atom. The normalized spacial score (nSPS) is 22.1. The smallest absolute Gasteiger partial charge is 0.338 e. The number of halogens is 1. The van der Waals surface area contributed by atoms with Crippen LogP contribution >= 0.6 is 11.6 Å². The fraction of sp³-hybridized carbons (Fsp3) is 0.611. The molecule has 0 radical (unpaired) electrons. The van der Waals surface area contributed by atoms with E-state index in [4.69, 9.17) is 21.1 Å². The number of rotatable bonds is 5. The van der Waals surface area contributed by atoms with Crippen molar-refractivity contribution in [3.8, 4) is 0 Å². The van der Waals surface area contributed by atoms with Crippen LogP contribution in [0.4, 0.5) is 0 Å². The third-order valence-corrected chi connectivity index (χ3v) is 7.15. The van der Waals surface area contributed by atoms with Crippen molar-refractivity contribution in [2.75, 3.05) is 26.3 Å². The molecule has 0 saturated carbocycles. The Bertz CT molecular complexity index is 738. The van der Waals surface area contributed by atoms with Gasteiger partial charge in [-0.1, -0.05) is 24.4 Å². The number of sulfonamides is 1. The molecule has 1 atom stereocenters. The summed E-state index contributed by atoms with van der Waals surface area (Å²) in [5, 5.41) is 0.116. The second-order valence-electron chi connectivity index (χ2n) is 6.70. The lowest BCUT2D eigenvalue weighted by Crippen LogP contribution is -2.32. The summed E-state index contributed by atoms with van der Waals surface area (Å²) in [6.07, 6.45) is 5.46. The number of esters is 1. The maximum Gasteiger partial charge on any atom is 0.338 e. The summed E-state index contributed by atoms with van der Waals surface area (Å²) in [5.41, 5.74) is 0.181. The van der Waals surface area contributed by atoms with E-state index in [-0.39, 0.29) is 28.2 Å². The lowest BCUT2D eigenvalue weighted by molar-refractivity contribution is 0.0161. The van der Waals surface area contributed by atoms with E-state index in [1.807, 2.05) is 0 Å². The molecule has 0 bridgehead atoms. The average molecular weight is 402 g/mol. The number of nitrogens with zero attached hydrogens (tertiary/aromatic N) is 1. The monoisotopic (exact) mass is 401 g/mol. The Balaban J connectivity index is 1.76. The first-order valence-corrected chi connectivity index (χ1v) is 10.9. The van der Waals surface area contributed by atoms with Crippen molar-refractivity contribution in [3.05, 3.63) is 28.8 Å². The maximum atomic E-state index is 13.0. The molecule has 0 aliphatic carbocycles. The number of hydrogen-bond acceptors (Lipinski definition) is 5. The van der Waals surface area contributed by atoms with Crippen LogP contribution in [-0.4, -0.2) is 51.1 Å². The predicted molar refractivity (Wildman–Crippen MR) is 97.9 cm³/mol. The quantitative estimate of drug-likeness (QED) is 0.708. The molecule has 1 aromatic carbocycles. The summed E-state index contributed by atoms with van der Waals surface area (Å²) < 4.78 is 38.1. The molecule has 1 aromatic rings. The van der Waals surface area contributed by atoms with Gasteiger partial charge in [0.05, 0.1) is 16.7 Å². The molecular formula is C18H24ClNO5S. The maximum absolute atomic E-state index is 13.0. The first-order valence-electron chi connectivity index (χ1n) is 9.07. The summed E-state index contributed by atoms with van der Waals surface area (Å²) in [7, 11) is -3.73. The van der Waals surface area contributed by atoms with Crippen molar-refractivity contribution in [3.63, 3.8) is 0 Å². The van der Waals surface area contributed by atoms with Crippen LogP contribution in [0.5, 0.6) is 0 Å². The molecule has 8 heteroatoms. The fourth-order valence-electron chi connectivity index (χ4n) is 3.28. The van der Waals surface area contributed by atoms with Crippen molar-refractivity contribution >= 4 is 27.6 Å². The highest BCUT2D eigenvalue weighted by atomic mass is 35.5. The van der Waals surface area contributed by atoms with Gasteiger partial charge in [0.25, 0.3) is 0 Å². The van der Waals surface area contributed by atoms with Gasteiger partial charge in [0, 0.05) is 19.7 Å². The van der Waals surface area contributed by atoms with E-state index in [2.05, 4.69) is 0 Å². The topological polar surface area (TPSA) is 72.9 Å². The van der Waals surface area contributed by atoms with E-state index in [0.29, 0.717) is 19.7 Å². The van der Waals surface area contributed by atoms with Crippen molar-refractivity contribution in [2.45, 2.75) is 49.5 Å². The molecule has 0 N–H and O–H groups in total. The van der Waals surface area contributed by atoms with Gasteiger partial charge < -0.3 is 9.47 Å². The molecule has 2 aliphatic heterocycles. The Labute approximate surface area is 159 Å². The van der Waals surface area contributed by atoms with Crippen molar-refractivity contribution in [2.24, 2.45) is 0 Å². The number of benzene rings is 1. The van der Waals surface area contributed by atoms with Crippen LogP contribution < -0.4 is 0 Å². The van der Waals surface area contributed by atoms with Gasteiger partial charge in [-0.05, 0) is 43.9 Å². The molecule has 0 aromatic heterocycles. The Hall–Kier alpha value is -1.15. The van der Waals surface area contributed by atoms with E-state index in [1.165, 1.54) is 22.5 Å². The molecule has 0 unspecified atom stereocenters. The number of hydrogen-bond donors (Lipinski definition) is 0. The van der Waals surface area contributed by atoms with Gasteiger partial charge in [-0.25, -0.2) is 13.2 Å². The Morgan fingerprint density at radius 3 is 2.58 bits per heavy atom. The van der Waals surface area contributed by atoms with E-state index in [1.54, 1.807) is 0 Å². The van der Waals surface area contributed by atoms with Gasteiger partial charge in [-0.15, -0.1) is 0 Å². The van der Waals surface area contributed by atoms with Crippen LogP contribution in [0.15, 0.2) is 23.1 Å². The van der Waals surface area contributed by atoms with E-state index >= 15 is 0 Å². The van der Waals surface area contributed by atoms with E-state index < -0.39 is 16.0 Å². The van der Waals surface area contributed by atoms with E-state index in [0.717, 1.165) is 38.5 Å². The fourth-order valence-corrected chi connectivity index (χ4v) is 5.29. The van der Waals surface area contributed by atoms with Crippen molar-refractivity contribution in [1.82, 2.24) is 4.31 Å². The third kappa shape index (κ3) is 4.57. The van der Waals surface area contributed by atoms with Crippen molar-refractivity contribution in [1.29, 1.82) is 0 Å². The molecule has 0 amide bonds. The molecular weight excluding hydrogens is 378 g/mol. The van der Waals surface area contributed by atoms with Crippen LogP contribution in [0.2, 0.25) is 5.02 Å². The highest BCUT2D eigenvalue weighted by Crippen LogP contribution is 2.28. The van der Waals surface area contributed by atoms with Gasteiger partial charge in [0.15, 0.2) is 0 Å². The molecule has 2 aliphatic rings. The first-order chi connectivity index (χ1) is 12.5. The highest BCUT2D eigenvalue weighted by Gasteiger charge is 2.28. The van der Waals surface area contributed by atoms with Crippen LogP contribution in [0.3, 0.4) is 0 Å². The van der Waals surface area contributed by atoms with Gasteiger partial charge >= 0.3 is 5.97 Å². The third-order valence-electron chi connectivity index (χ3n) is 4.77. The average Bonchev–Trinajstić information content (AvgIpc) is 2.99. The zero-order valence-electron chi connectivity index (χ0n) is 14.7. The zero-order chi connectivity index (χ0) is 18.6. The lowest BCUT2D eigenvalue weighted by atomic mass is 10.2. The largest absolute Gasteiger partial charge is 0.459 e. The van der Waals surface area contributed by atoms with Crippen LogP contribution in [-0.2, 0) is 19.5 Å². The summed E-state index contributed by atoms with van der Waals surface area (Å²) in [4.78, 5) is 12.3. The molecule has 2 saturated heterocycles. The second-order valence-corrected chi connectivity index (χ2v) is 9.01. The molecule has 26 heavy (non-hydrogen) atoms. The SMILES string of the molecule is O=C(OC[C@@H]1CCCO1)c1ccc(Cl)c(S(=O)(=O)N2CCCCCC2)c1. The Kier molecular flexibility index (Phi) is 6.55. The minimum Gasteiger partial charge on any atom is -0.459 e. The molecule has 0 spiro atoms. The van der Waals surface area contributed by atoms with Gasteiger partial charge in [0.1, 0.15) is 11.5 Å². The Morgan fingerprint density at radius 1 is 1.19 bits per heavy atom. The summed E-state index contributed by atoms with van der Waals surface area (Å²) in [6.45, 7) is 1.82. The summed E-state index contributed by atoms with van der Waals surface area (Å²) in [6, 6.07) is 4.25. The van der Waals surface area contributed by atoms with Crippen LogP contribution in [0.1, 0.15) is 48.9 Å². The second kappa shape index (κ2) is 8.69. The molecule has 3 rings (SSSR count). The molecule has 144 valence electrons. The molecule has 6 nitrogen and oxygen atoms in total. The summed E-state index contributed by atoms with van der Waals surface area (Å²) >= 11 is 6.15. The summed E-state index contributed by atoms with van der Waals surface area (Å²) in [5.74, 6) is -0.565. The van der Waals surface area contributed by atoms with Gasteiger partial charge in [-0.3, -0.25) is 0 Å².